The van der Waals surface area contributed by atoms with Crippen molar-refractivity contribution in [2.75, 3.05) is 26.8 Å². The van der Waals surface area contributed by atoms with E-state index in [0.29, 0.717) is 29.4 Å². The number of carbonyl (C=O) groups is 3. The van der Waals surface area contributed by atoms with Crippen molar-refractivity contribution >= 4 is 17.7 Å². The highest BCUT2D eigenvalue weighted by Crippen LogP contribution is 2.21. The zero-order valence-electron chi connectivity index (χ0n) is 29.0. The topological polar surface area (TPSA) is 236 Å². The molecule has 1 aromatic heterocycles. The number of nitrogens with one attached hydrogen (secondary N) is 1. The van der Waals surface area contributed by atoms with Gasteiger partial charge in [0.15, 0.2) is 12.4 Å². The van der Waals surface area contributed by atoms with Gasteiger partial charge in [0, 0.05) is 30.1 Å². The molecule has 5 atom stereocenters. The van der Waals surface area contributed by atoms with E-state index < -0.39 is 42.9 Å². The third-order valence-corrected chi connectivity index (χ3v) is 7.56. The minimum atomic E-state index is -1.55. The summed E-state index contributed by atoms with van der Waals surface area (Å²) in [6.07, 6.45) is -5.27. The van der Waals surface area contributed by atoms with Gasteiger partial charge in [0.25, 0.3) is 5.91 Å². The molecule has 50 heavy (non-hydrogen) atoms. The lowest BCUT2D eigenvalue weighted by Crippen LogP contribution is -2.48. The SMILES string of the molecule is CC(C)CC(CC(=O)c1ccc(OCC(=O)N(Cc2nc(-c3ccccc3)no2)C(C)C)cc1)C(=O)O.CNC[C@H](O)[C@@H](O)[C@H](O)[C@H](O)CO. The Morgan fingerprint density at radius 2 is 1.54 bits per heavy atom. The summed E-state index contributed by atoms with van der Waals surface area (Å²) >= 11 is 0. The van der Waals surface area contributed by atoms with Crippen LogP contribution in [0.25, 0.3) is 11.4 Å². The molecule has 15 heteroatoms. The third kappa shape index (κ3) is 13.6. The number of hydrogen-bond donors (Lipinski definition) is 7. The molecule has 0 aliphatic heterocycles. The number of aliphatic carboxylic acids is 1. The molecule has 7 N–H and O–H groups in total. The first-order valence-electron chi connectivity index (χ1n) is 16.3. The molecule has 276 valence electrons. The van der Waals surface area contributed by atoms with Crippen LogP contribution in [0.2, 0.25) is 0 Å². The zero-order chi connectivity index (χ0) is 37.4. The summed E-state index contributed by atoms with van der Waals surface area (Å²) in [7, 11) is 1.57. The third-order valence-electron chi connectivity index (χ3n) is 7.56. The predicted molar refractivity (Wildman–Crippen MR) is 182 cm³/mol. The van der Waals surface area contributed by atoms with Gasteiger partial charge in [-0.15, -0.1) is 0 Å². The number of hydrogen-bond acceptors (Lipinski definition) is 13. The molecule has 0 aliphatic rings. The van der Waals surface area contributed by atoms with E-state index in [4.69, 9.17) is 29.7 Å². The van der Waals surface area contributed by atoms with Crippen molar-refractivity contribution < 1.29 is 54.3 Å². The number of amides is 1. The summed E-state index contributed by atoms with van der Waals surface area (Å²) < 4.78 is 11.0. The van der Waals surface area contributed by atoms with Crippen LogP contribution in [0.1, 0.15) is 56.8 Å². The fourth-order valence-corrected chi connectivity index (χ4v) is 4.77. The second-order valence-electron chi connectivity index (χ2n) is 12.5. The maximum absolute atomic E-state index is 12.9. The number of aromatic nitrogens is 2. The van der Waals surface area contributed by atoms with E-state index in [0.717, 1.165) is 5.56 Å². The molecule has 0 saturated carbocycles. The van der Waals surface area contributed by atoms with Gasteiger partial charge in [-0.2, -0.15) is 4.98 Å². The van der Waals surface area contributed by atoms with Gasteiger partial charge in [-0.25, -0.2) is 0 Å². The molecule has 0 saturated heterocycles. The second-order valence-corrected chi connectivity index (χ2v) is 12.5. The number of aliphatic hydroxyl groups excluding tert-OH is 5. The van der Waals surface area contributed by atoms with E-state index in [1.807, 2.05) is 58.0 Å². The Balaban J connectivity index is 0.000000565. The molecule has 1 unspecified atom stereocenters. The van der Waals surface area contributed by atoms with Crippen LogP contribution in [0.5, 0.6) is 5.75 Å². The van der Waals surface area contributed by atoms with Crippen molar-refractivity contribution in [2.45, 2.75) is 77.5 Å². The van der Waals surface area contributed by atoms with E-state index in [2.05, 4.69) is 15.5 Å². The van der Waals surface area contributed by atoms with Crippen molar-refractivity contribution in [1.29, 1.82) is 0 Å². The Bertz CT molecular complexity index is 1450. The summed E-state index contributed by atoms with van der Waals surface area (Å²) in [4.78, 5) is 42.9. The molecule has 0 radical (unpaired) electrons. The van der Waals surface area contributed by atoms with Crippen molar-refractivity contribution in [3.63, 3.8) is 0 Å². The smallest absolute Gasteiger partial charge is 0.306 e. The Hall–Kier alpha value is -4.25. The highest BCUT2D eigenvalue weighted by molar-refractivity contribution is 5.98. The first-order valence-corrected chi connectivity index (χ1v) is 16.3. The van der Waals surface area contributed by atoms with Crippen LogP contribution in [-0.2, 0) is 16.1 Å². The van der Waals surface area contributed by atoms with Crippen LogP contribution in [0.3, 0.4) is 0 Å². The van der Waals surface area contributed by atoms with E-state index in [1.54, 1.807) is 36.2 Å². The van der Waals surface area contributed by atoms with E-state index in [-0.39, 0.29) is 49.8 Å². The Kier molecular flexibility index (Phi) is 17.7. The highest BCUT2D eigenvalue weighted by atomic mass is 16.5. The summed E-state index contributed by atoms with van der Waals surface area (Å²) in [5.41, 5.74) is 1.23. The van der Waals surface area contributed by atoms with E-state index in [9.17, 15) is 24.6 Å². The molecule has 3 rings (SSSR count). The summed E-state index contributed by atoms with van der Waals surface area (Å²) in [5.74, 6) is -0.799. The van der Waals surface area contributed by atoms with E-state index in [1.165, 1.54) is 0 Å². The molecule has 2 aromatic carbocycles. The minimum Gasteiger partial charge on any atom is -0.484 e. The number of carboxylic acids is 1. The van der Waals surface area contributed by atoms with Gasteiger partial charge in [0.1, 0.15) is 30.6 Å². The highest BCUT2D eigenvalue weighted by Gasteiger charge is 2.29. The lowest BCUT2D eigenvalue weighted by Gasteiger charge is -2.25. The number of ether oxygens (including phenoxy) is 1. The molecular formula is C35H50N4O11. The zero-order valence-corrected chi connectivity index (χ0v) is 29.0. The van der Waals surface area contributed by atoms with Gasteiger partial charge in [0.05, 0.1) is 18.6 Å². The largest absolute Gasteiger partial charge is 0.484 e. The summed E-state index contributed by atoms with van der Waals surface area (Å²) in [6, 6.07) is 15.7. The fraction of sp³-hybridized carbons (Fsp3) is 0.514. The van der Waals surface area contributed by atoms with Gasteiger partial charge in [-0.05, 0) is 57.5 Å². The van der Waals surface area contributed by atoms with Crippen molar-refractivity contribution in [3.05, 3.63) is 66.1 Å². The molecule has 0 spiro atoms. The standard InChI is InChI=1S/C28H33N3O6.C7H17NO5/c1-18(2)14-22(28(34)35)15-24(32)20-10-12-23(13-11-20)36-17-26(33)31(19(3)4)16-25-29-27(30-37-25)21-8-6-5-7-9-21;1-8-2-4(10)6(12)7(13)5(11)3-9/h5-13,18-19,22H,14-17H2,1-4H3,(H,34,35);4-13H,2-3H2,1H3/t;4-,5+,6+,7+/m.0/s1. The fourth-order valence-electron chi connectivity index (χ4n) is 4.77. The number of likely N-dealkylation sites (N-methyl/N-ethyl adjacent to an activating group) is 1. The molecule has 0 bridgehead atoms. The number of ketones is 1. The molecule has 3 aromatic rings. The van der Waals surface area contributed by atoms with Gasteiger partial charge in [-0.1, -0.05) is 49.3 Å². The van der Waals surface area contributed by atoms with Gasteiger partial charge in [0.2, 0.25) is 11.7 Å². The average molecular weight is 703 g/mol. The number of benzene rings is 2. The van der Waals surface area contributed by atoms with Crippen molar-refractivity contribution in [3.8, 4) is 17.1 Å². The summed E-state index contributed by atoms with van der Waals surface area (Å²) in [6.45, 7) is 7.00. The number of carbonyl (C=O) groups excluding carboxylic acids is 2. The molecule has 1 amide bonds. The van der Waals surface area contributed by atoms with Crippen molar-refractivity contribution in [1.82, 2.24) is 20.4 Å². The molecule has 0 aliphatic carbocycles. The average Bonchev–Trinajstić information content (AvgIpc) is 3.57. The van der Waals surface area contributed by atoms with Crippen molar-refractivity contribution in [2.24, 2.45) is 11.8 Å². The number of Topliss-reactive ketones (excluding diaryl/α,β-unsaturated/α-hetero) is 1. The first-order chi connectivity index (χ1) is 23.7. The predicted octanol–water partition coefficient (Wildman–Crippen LogP) is 1.51. The number of rotatable bonds is 19. The molecule has 1 heterocycles. The van der Waals surface area contributed by atoms with Gasteiger partial charge >= 0.3 is 5.97 Å². The van der Waals surface area contributed by atoms with E-state index >= 15 is 0 Å². The Labute approximate surface area is 291 Å². The van der Waals surface area contributed by atoms with Gasteiger partial charge < -0.3 is 50.1 Å². The lowest BCUT2D eigenvalue weighted by atomic mass is 9.91. The van der Waals surface area contributed by atoms with Crippen LogP contribution in [-0.4, -0.2) is 121 Å². The van der Waals surface area contributed by atoms with Crippen LogP contribution in [0, 0.1) is 11.8 Å². The Morgan fingerprint density at radius 1 is 0.920 bits per heavy atom. The maximum atomic E-state index is 12.9. The second kappa shape index (κ2) is 21.1. The molecule has 0 fully saturated rings. The van der Waals surface area contributed by atoms with Crippen LogP contribution < -0.4 is 10.1 Å². The molecular weight excluding hydrogens is 652 g/mol. The monoisotopic (exact) mass is 702 g/mol. The first kappa shape index (κ1) is 41.9. The van der Waals surface area contributed by atoms with Crippen LogP contribution in [0.15, 0.2) is 59.1 Å². The minimum absolute atomic E-state index is 0.0583. The lowest BCUT2D eigenvalue weighted by molar-refractivity contribution is -0.142. The van der Waals surface area contributed by atoms with Gasteiger partial charge in [-0.3, -0.25) is 14.4 Å². The number of carboxylic acid groups (broad SMARTS) is 1. The van der Waals surface area contributed by atoms with Crippen LogP contribution in [0.4, 0.5) is 0 Å². The summed E-state index contributed by atoms with van der Waals surface area (Å²) in [5, 5.41) is 60.9. The van der Waals surface area contributed by atoms with Crippen LogP contribution >= 0.6 is 0 Å². The number of aliphatic hydroxyl groups is 5. The normalized spacial score (nSPS) is 14.2. The maximum Gasteiger partial charge on any atom is 0.306 e. The molecule has 15 nitrogen and oxygen atoms in total. The number of nitrogens with zero attached hydrogens (tertiary/aromatic N) is 3. The quantitative estimate of drug-likeness (QED) is 0.0878. The Morgan fingerprint density at radius 3 is 2.08 bits per heavy atom.